The second-order valence-electron chi connectivity index (χ2n) is 6.34. The topological polar surface area (TPSA) is 50.3 Å². The molecule has 6 heteroatoms. The standard InChI is InChI=1S/C20H21ClN4O/c21-16-6-7-17-18(12-16)23-14-24-20(17)22-13-19(15-4-2-1-3-5-15)25-8-10-26-11-9-25/h1-7,12,14,19H,8-11,13H2,(H,22,23,24)/t19-/m1/s1. The number of aromatic nitrogens is 2. The Labute approximate surface area is 158 Å². The molecule has 0 bridgehead atoms. The molecule has 134 valence electrons. The Balaban J connectivity index is 1.58. The number of morpholine rings is 1. The van der Waals surface area contributed by atoms with Gasteiger partial charge in [-0.2, -0.15) is 0 Å². The van der Waals surface area contributed by atoms with Gasteiger partial charge in [-0.1, -0.05) is 41.9 Å². The second-order valence-corrected chi connectivity index (χ2v) is 6.78. The van der Waals surface area contributed by atoms with E-state index < -0.39 is 0 Å². The third-order valence-corrected chi connectivity index (χ3v) is 4.97. The summed E-state index contributed by atoms with van der Waals surface area (Å²) in [5.41, 5.74) is 2.14. The van der Waals surface area contributed by atoms with Crippen molar-refractivity contribution in [3.63, 3.8) is 0 Å². The molecular weight excluding hydrogens is 348 g/mol. The molecule has 1 aliphatic rings. The molecular formula is C20H21ClN4O. The van der Waals surface area contributed by atoms with Crippen LogP contribution in [0.3, 0.4) is 0 Å². The van der Waals surface area contributed by atoms with E-state index in [1.165, 1.54) is 5.56 Å². The summed E-state index contributed by atoms with van der Waals surface area (Å²) in [7, 11) is 0. The van der Waals surface area contributed by atoms with Crippen LogP contribution in [0.4, 0.5) is 5.82 Å². The van der Waals surface area contributed by atoms with Crippen LogP contribution >= 0.6 is 11.6 Å². The number of hydrogen-bond donors (Lipinski definition) is 1. The molecule has 1 fully saturated rings. The molecule has 2 heterocycles. The van der Waals surface area contributed by atoms with Crippen LogP contribution in [0.15, 0.2) is 54.9 Å². The smallest absolute Gasteiger partial charge is 0.137 e. The van der Waals surface area contributed by atoms with Crippen LogP contribution in [0.5, 0.6) is 0 Å². The normalized spacial score (nSPS) is 16.5. The molecule has 2 aromatic carbocycles. The van der Waals surface area contributed by atoms with Gasteiger partial charge in [0.2, 0.25) is 0 Å². The zero-order chi connectivity index (χ0) is 17.8. The maximum absolute atomic E-state index is 6.08. The quantitative estimate of drug-likeness (QED) is 0.743. The third kappa shape index (κ3) is 3.80. The fraction of sp³-hybridized carbons (Fsp3) is 0.300. The summed E-state index contributed by atoms with van der Waals surface area (Å²) in [6.45, 7) is 4.18. The molecule has 1 N–H and O–H groups in total. The fourth-order valence-electron chi connectivity index (χ4n) is 3.39. The number of halogens is 1. The van der Waals surface area contributed by atoms with Crippen molar-refractivity contribution in [2.75, 3.05) is 38.2 Å². The molecule has 1 saturated heterocycles. The minimum absolute atomic E-state index is 0.261. The van der Waals surface area contributed by atoms with Crippen molar-refractivity contribution in [3.8, 4) is 0 Å². The molecule has 4 rings (SSSR count). The summed E-state index contributed by atoms with van der Waals surface area (Å²) < 4.78 is 5.52. The highest BCUT2D eigenvalue weighted by Crippen LogP contribution is 2.26. The van der Waals surface area contributed by atoms with Crippen molar-refractivity contribution in [1.82, 2.24) is 14.9 Å². The van der Waals surface area contributed by atoms with Crippen LogP contribution in [0.25, 0.3) is 10.9 Å². The van der Waals surface area contributed by atoms with E-state index in [0.29, 0.717) is 5.02 Å². The highest BCUT2D eigenvalue weighted by atomic mass is 35.5. The maximum atomic E-state index is 6.08. The Morgan fingerprint density at radius 1 is 1.08 bits per heavy atom. The number of benzene rings is 2. The summed E-state index contributed by atoms with van der Waals surface area (Å²) >= 11 is 6.08. The predicted octanol–water partition coefficient (Wildman–Crippen LogP) is 3.77. The number of ether oxygens (including phenoxy) is 1. The number of fused-ring (bicyclic) bond motifs is 1. The molecule has 0 amide bonds. The van der Waals surface area contributed by atoms with E-state index in [-0.39, 0.29) is 6.04 Å². The lowest BCUT2D eigenvalue weighted by atomic mass is 10.0. The first kappa shape index (κ1) is 17.2. The van der Waals surface area contributed by atoms with Gasteiger partial charge in [0.15, 0.2) is 0 Å². The molecule has 1 atom stereocenters. The van der Waals surface area contributed by atoms with Crippen LogP contribution in [0.1, 0.15) is 11.6 Å². The number of nitrogens with one attached hydrogen (secondary N) is 1. The first-order chi connectivity index (χ1) is 12.8. The Morgan fingerprint density at radius 3 is 2.69 bits per heavy atom. The Bertz CT molecular complexity index is 868. The molecule has 0 radical (unpaired) electrons. The lowest BCUT2D eigenvalue weighted by molar-refractivity contribution is 0.0187. The Kier molecular flexibility index (Phi) is 5.29. The number of nitrogens with zero attached hydrogens (tertiary/aromatic N) is 3. The van der Waals surface area contributed by atoms with Gasteiger partial charge in [0.05, 0.1) is 24.8 Å². The van der Waals surface area contributed by atoms with Gasteiger partial charge in [-0.15, -0.1) is 0 Å². The molecule has 1 aliphatic heterocycles. The second kappa shape index (κ2) is 7.99. The van der Waals surface area contributed by atoms with E-state index >= 15 is 0 Å². The van der Waals surface area contributed by atoms with E-state index in [9.17, 15) is 0 Å². The lowest BCUT2D eigenvalue weighted by Crippen LogP contribution is -2.41. The Morgan fingerprint density at radius 2 is 1.88 bits per heavy atom. The average molecular weight is 369 g/mol. The molecule has 0 aliphatic carbocycles. The summed E-state index contributed by atoms with van der Waals surface area (Å²) in [6, 6.07) is 16.5. The van der Waals surface area contributed by atoms with E-state index in [2.05, 4.69) is 50.5 Å². The first-order valence-electron chi connectivity index (χ1n) is 8.82. The number of anilines is 1. The van der Waals surface area contributed by atoms with Crippen molar-refractivity contribution >= 4 is 28.3 Å². The number of hydrogen-bond acceptors (Lipinski definition) is 5. The molecule has 1 aromatic heterocycles. The van der Waals surface area contributed by atoms with Gasteiger partial charge < -0.3 is 10.1 Å². The van der Waals surface area contributed by atoms with Crippen LogP contribution < -0.4 is 5.32 Å². The molecule has 3 aromatic rings. The van der Waals surface area contributed by atoms with Crippen LogP contribution in [0, 0.1) is 0 Å². The first-order valence-corrected chi connectivity index (χ1v) is 9.20. The summed E-state index contributed by atoms with van der Waals surface area (Å²) in [5.74, 6) is 0.834. The van der Waals surface area contributed by atoms with Gasteiger partial charge in [-0.05, 0) is 23.8 Å². The van der Waals surface area contributed by atoms with E-state index in [1.54, 1.807) is 6.33 Å². The van der Waals surface area contributed by atoms with Crippen molar-refractivity contribution in [2.45, 2.75) is 6.04 Å². The highest BCUT2D eigenvalue weighted by Gasteiger charge is 2.22. The van der Waals surface area contributed by atoms with Crippen molar-refractivity contribution in [3.05, 3.63) is 65.4 Å². The van der Waals surface area contributed by atoms with E-state index in [1.807, 2.05) is 18.2 Å². The van der Waals surface area contributed by atoms with E-state index in [4.69, 9.17) is 16.3 Å². The van der Waals surface area contributed by atoms with Gasteiger partial charge in [-0.3, -0.25) is 4.90 Å². The summed E-state index contributed by atoms with van der Waals surface area (Å²) in [5, 5.41) is 5.18. The van der Waals surface area contributed by atoms with Crippen molar-refractivity contribution in [2.24, 2.45) is 0 Å². The number of rotatable bonds is 5. The lowest BCUT2D eigenvalue weighted by Gasteiger charge is -2.35. The molecule has 0 saturated carbocycles. The largest absolute Gasteiger partial charge is 0.379 e. The monoisotopic (exact) mass is 368 g/mol. The zero-order valence-electron chi connectivity index (χ0n) is 14.4. The van der Waals surface area contributed by atoms with Crippen molar-refractivity contribution in [1.29, 1.82) is 0 Å². The molecule has 0 spiro atoms. The Hall–Kier alpha value is -2.21. The average Bonchev–Trinajstić information content (AvgIpc) is 2.69. The van der Waals surface area contributed by atoms with Crippen LogP contribution in [0.2, 0.25) is 5.02 Å². The highest BCUT2D eigenvalue weighted by molar-refractivity contribution is 6.31. The van der Waals surface area contributed by atoms with Gasteiger partial charge in [-0.25, -0.2) is 9.97 Å². The minimum Gasteiger partial charge on any atom is -0.379 e. The fourth-order valence-corrected chi connectivity index (χ4v) is 3.55. The third-order valence-electron chi connectivity index (χ3n) is 4.73. The zero-order valence-corrected chi connectivity index (χ0v) is 15.2. The maximum Gasteiger partial charge on any atom is 0.137 e. The van der Waals surface area contributed by atoms with Gasteiger partial charge in [0, 0.05) is 30.0 Å². The van der Waals surface area contributed by atoms with E-state index in [0.717, 1.165) is 49.6 Å². The molecule has 5 nitrogen and oxygen atoms in total. The van der Waals surface area contributed by atoms with Crippen molar-refractivity contribution < 1.29 is 4.74 Å². The molecule has 0 unspecified atom stereocenters. The van der Waals surface area contributed by atoms with Crippen LogP contribution in [-0.2, 0) is 4.74 Å². The van der Waals surface area contributed by atoms with Gasteiger partial charge in [0.25, 0.3) is 0 Å². The summed E-state index contributed by atoms with van der Waals surface area (Å²) in [4.78, 5) is 11.2. The minimum atomic E-state index is 0.261. The van der Waals surface area contributed by atoms with Gasteiger partial charge in [0.1, 0.15) is 12.1 Å². The summed E-state index contributed by atoms with van der Waals surface area (Å²) in [6.07, 6.45) is 1.58. The SMILES string of the molecule is Clc1ccc2c(NC[C@H](c3ccccc3)N3CCOCC3)ncnc2c1. The van der Waals surface area contributed by atoms with Crippen LogP contribution in [-0.4, -0.2) is 47.7 Å². The predicted molar refractivity (Wildman–Crippen MR) is 105 cm³/mol. The van der Waals surface area contributed by atoms with Gasteiger partial charge >= 0.3 is 0 Å². The molecule has 26 heavy (non-hydrogen) atoms.